The van der Waals surface area contributed by atoms with Crippen LogP contribution in [0.1, 0.15) is 452 Å². The summed E-state index contributed by atoms with van der Waals surface area (Å²) in [4.78, 5) is 86.9. The molecule has 0 saturated carbocycles. The van der Waals surface area contributed by atoms with Crippen molar-refractivity contribution in [2.75, 3.05) is 105 Å². The Hall–Kier alpha value is -3.34. The Morgan fingerprint density at radius 1 is 0.218 bits per heavy atom. The predicted molar refractivity (Wildman–Crippen MR) is 459 cm³/mol. The van der Waals surface area contributed by atoms with Crippen molar-refractivity contribution in [3.8, 4) is 0 Å². The lowest BCUT2D eigenvalue weighted by Crippen LogP contribution is -2.57. The SMILES string of the molecule is CCCCCCCCCCCCCCCCOC(=O)CCN(CCCC(=O)OCCN1CC(C)N(CCOC(=O)CCCN(CCC(=O)OCCCCCCCCCCCCCCCC)CCC(=O)OCCCCCCCCCCCCCCCC)CC1C)CCC(=O)OCCCCCCCCCCCCCCCC. The molecule has 16 heteroatoms. The van der Waals surface area contributed by atoms with Crippen molar-refractivity contribution in [3.63, 3.8) is 0 Å². The molecule has 0 N–H and O–H groups in total. The van der Waals surface area contributed by atoms with E-state index in [2.05, 4.69) is 61.1 Å². The third-order valence-electron chi connectivity index (χ3n) is 22.8. The Morgan fingerprint density at radius 2 is 0.382 bits per heavy atom. The van der Waals surface area contributed by atoms with Crippen molar-refractivity contribution < 1.29 is 57.2 Å². The topological polar surface area (TPSA) is 171 Å². The summed E-state index contributed by atoms with van der Waals surface area (Å²) < 4.78 is 34.2. The van der Waals surface area contributed by atoms with Crippen LogP contribution in [0, 0.1) is 0 Å². The van der Waals surface area contributed by atoms with E-state index in [-0.39, 0.29) is 99.6 Å². The van der Waals surface area contributed by atoms with Gasteiger partial charge in [0.1, 0.15) is 13.2 Å². The average molecular weight is 1560 g/mol. The Kier molecular flexibility index (Phi) is 78.2. The molecule has 16 nitrogen and oxygen atoms in total. The number of hydrogen-bond donors (Lipinski definition) is 0. The second-order valence-corrected chi connectivity index (χ2v) is 33.3. The van der Waals surface area contributed by atoms with Crippen LogP contribution in [0.4, 0.5) is 0 Å². The van der Waals surface area contributed by atoms with Crippen molar-refractivity contribution in [1.82, 2.24) is 19.6 Å². The molecule has 0 spiro atoms. The maximum absolute atomic E-state index is 13.1. The summed E-state index contributed by atoms with van der Waals surface area (Å²) in [5.74, 6) is -1.40. The van der Waals surface area contributed by atoms with Gasteiger partial charge in [-0.25, -0.2) is 0 Å². The van der Waals surface area contributed by atoms with Gasteiger partial charge in [0.2, 0.25) is 0 Å². The van der Waals surface area contributed by atoms with E-state index in [1.54, 1.807) is 0 Å². The predicted octanol–water partition coefficient (Wildman–Crippen LogP) is 24.3. The molecule has 1 saturated heterocycles. The van der Waals surface area contributed by atoms with Crippen LogP contribution in [0.15, 0.2) is 0 Å². The summed E-state index contributed by atoms with van der Waals surface area (Å²) in [6, 6.07) is 0.416. The van der Waals surface area contributed by atoms with Gasteiger partial charge < -0.3 is 38.2 Å². The fraction of sp³-hybridized carbons (Fsp3) is 0.936. The minimum atomic E-state index is -0.255. The molecule has 0 aromatic carbocycles. The first-order chi connectivity index (χ1) is 53.9. The van der Waals surface area contributed by atoms with Crippen molar-refractivity contribution >= 4 is 35.8 Å². The highest BCUT2D eigenvalue weighted by Gasteiger charge is 2.29. The van der Waals surface area contributed by atoms with E-state index in [1.807, 2.05) is 0 Å². The zero-order valence-electron chi connectivity index (χ0n) is 73.4. The molecule has 2 unspecified atom stereocenters. The molecule has 0 aromatic rings. The molecule has 1 aliphatic heterocycles. The fourth-order valence-corrected chi connectivity index (χ4v) is 15.4. The summed E-state index contributed by atoms with van der Waals surface area (Å²) in [7, 11) is 0. The molecule has 648 valence electrons. The second-order valence-electron chi connectivity index (χ2n) is 33.3. The molecule has 2 atom stereocenters. The largest absolute Gasteiger partial charge is 0.466 e. The molecule has 1 aliphatic rings. The van der Waals surface area contributed by atoms with E-state index >= 15 is 0 Å². The van der Waals surface area contributed by atoms with Gasteiger partial charge in [0.15, 0.2) is 0 Å². The zero-order chi connectivity index (χ0) is 79.7. The molecule has 0 radical (unpaired) electrons. The van der Waals surface area contributed by atoms with Gasteiger partial charge in [-0.05, 0) is 65.5 Å². The monoisotopic (exact) mass is 1560 g/mol. The first-order valence-corrected chi connectivity index (χ1v) is 47.8. The van der Waals surface area contributed by atoms with Crippen LogP contribution in [-0.4, -0.2) is 173 Å². The van der Waals surface area contributed by atoms with Gasteiger partial charge in [-0.1, -0.05) is 362 Å². The standard InChI is InChI=1S/C94H180N4O12/c1-7-11-15-19-23-27-31-35-39-43-47-51-55-59-79-105-91(101)67-73-95(74-68-92(102)106-80-60-56-52-48-44-40-36-32-28-24-20-16-12-8-2)71-63-65-89(99)109-83-77-97-85-88(6)98(86-87(97)5)78-84-110-90(100)66-64-72-96(75-69-93(103)107-81-61-57-53-49-45-41-37-33-29-25-21-17-13-9-3)76-70-94(104)108-82-62-58-54-50-46-42-38-34-30-26-22-18-14-10-4/h87-88H,7-86H2,1-6H3. The molecular weight excluding hydrogens is 1380 g/mol. The van der Waals surface area contributed by atoms with Gasteiger partial charge >= 0.3 is 35.8 Å². The van der Waals surface area contributed by atoms with Crippen LogP contribution in [0.25, 0.3) is 0 Å². The van der Waals surface area contributed by atoms with Crippen LogP contribution in [0.2, 0.25) is 0 Å². The van der Waals surface area contributed by atoms with Crippen molar-refractivity contribution in [3.05, 3.63) is 0 Å². The molecule has 1 heterocycles. The Bertz CT molecular complexity index is 1810. The Balaban J connectivity index is 2.57. The van der Waals surface area contributed by atoms with Gasteiger partial charge in [-0.3, -0.25) is 38.6 Å². The number of unbranched alkanes of at least 4 members (excludes halogenated alkanes) is 52. The maximum Gasteiger partial charge on any atom is 0.307 e. The lowest BCUT2D eigenvalue weighted by Gasteiger charge is -2.44. The average Bonchev–Trinajstić information content (AvgIpc) is 0.846. The van der Waals surface area contributed by atoms with Gasteiger partial charge in [0, 0.05) is 77.3 Å². The summed E-state index contributed by atoms with van der Waals surface area (Å²) in [6.07, 6.45) is 74.0. The first kappa shape index (κ1) is 105. The number of ether oxygens (including phenoxy) is 6. The van der Waals surface area contributed by atoms with Crippen LogP contribution in [-0.2, 0) is 57.2 Å². The smallest absolute Gasteiger partial charge is 0.307 e. The molecule has 1 fully saturated rings. The van der Waals surface area contributed by atoms with Gasteiger partial charge in [-0.2, -0.15) is 0 Å². The molecule has 0 bridgehead atoms. The van der Waals surface area contributed by atoms with Crippen molar-refractivity contribution in [2.45, 2.75) is 465 Å². The number of hydrogen-bond acceptors (Lipinski definition) is 16. The maximum atomic E-state index is 13.1. The summed E-state index contributed by atoms with van der Waals surface area (Å²) in [5, 5.41) is 0. The van der Waals surface area contributed by atoms with Crippen LogP contribution in [0.3, 0.4) is 0 Å². The number of carbonyl (C=O) groups excluding carboxylic acids is 6. The fourth-order valence-electron chi connectivity index (χ4n) is 15.4. The van der Waals surface area contributed by atoms with E-state index in [1.165, 1.54) is 308 Å². The van der Waals surface area contributed by atoms with Gasteiger partial charge in [-0.15, -0.1) is 0 Å². The van der Waals surface area contributed by atoms with E-state index < -0.39 is 0 Å². The molecule has 110 heavy (non-hydrogen) atoms. The Labute approximate surface area is 678 Å². The Morgan fingerprint density at radius 3 is 0.573 bits per heavy atom. The molecular formula is C94H180N4O12. The third kappa shape index (κ3) is 72.4. The number of carbonyl (C=O) groups is 6. The highest BCUT2D eigenvalue weighted by Crippen LogP contribution is 2.20. The van der Waals surface area contributed by atoms with Crippen molar-refractivity contribution in [1.29, 1.82) is 0 Å². The van der Waals surface area contributed by atoms with Crippen molar-refractivity contribution in [2.24, 2.45) is 0 Å². The second kappa shape index (κ2) is 82.2. The zero-order valence-corrected chi connectivity index (χ0v) is 73.4. The van der Waals surface area contributed by atoms with Crippen LogP contribution >= 0.6 is 0 Å². The van der Waals surface area contributed by atoms with E-state index in [0.29, 0.717) is 91.6 Å². The first-order valence-electron chi connectivity index (χ1n) is 47.8. The number of rotatable bonds is 86. The number of nitrogens with zero attached hydrogens (tertiary/aromatic N) is 4. The molecule has 0 aliphatic carbocycles. The van der Waals surface area contributed by atoms with Gasteiger partial charge in [0.05, 0.1) is 52.1 Å². The minimum absolute atomic E-state index is 0.208. The lowest BCUT2D eigenvalue weighted by atomic mass is 10.0. The lowest BCUT2D eigenvalue weighted by molar-refractivity contribution is -0.146. The molecule has 0 aromatic heterocycles. The minimum Gasteiger partial charge on any atom is -0.466 e. The summed E-state index contributed by atoms with van der Waals surface area (Å²) in [5.41, 5.74) is 0. The molecule has 1 rings (SSSR count). The normalized spacial score (nSPS) is 14.1. The van der Waals surface area contributed by atoms with E-state index in [0.717, 1.165) is 64.5 Å². The highest BCUT2D eigenvalue weighted by molar-refractivity contribution is 5.71. The van der Waals surface area contributed by atoms with E-state index in [9.17, 15) is 28.8 Å². The highest BCUT2D eigenvalue weighted by atomic mass is 16.6. The number of esters is 6. The summed E-state index contributed by atoms with van der Waals surface area (Å²) >= 11 is 0. The van der Waals surface area contributed by atoms with Crippen LogP contribution in [0.5, 0.6) is 0 Å². The molecule has 0 amide bonds. The summed E-state index contributed by atoms with van der Waals surface area (Å²) in [6.45, 7) is 21.5. The van der Waals surface area contributed by atoms with Gasteiger partial charge in [0.25, 0.3) is 0 Å². The van der Waals surface area contributed by atoms with Crippen LogP contribution < -0.4 is 0 Å². The quantitative estimate of drug-likeness (QED) is 0.0320. The number of piperazine rings is 1. The van der Waals surface area contributed by atoms with E-state index in [4.69, 9.17) is 28.4 Å². The third-order valence-corrected chi connectivity index (χ3v) is 22.8.